The number of para-hydroxylation sites is 1. The number of aromatic nitrogens is 1. The number of benzene rings is 2. The van der Waals surface area contributed by atoms with Crippen LogP contribution in [-0.4, -0.2) is 28.4 Å². The number of carbonyl (C=O) groups excluding carboxylic acids is 1. The van der Waals surface area contributed by atoms with E-state index in [2.05, 4.69) is 6.92 Å². The fraction of sp³-hybridized carbons (Fsp3) is 0.273. The Morgan fingerprint density at radius 2 is 1.93 bits per heavy atom. The average molecular weight is 399 g/mol. The van der Waals surface area contributed by atoms with Crippen LogP contribution in [0.3, 0.4) is 0 Å². The second kappa shape index (κ2) is 7.49. The predicted molar refractivity (Wildman–Crippen MR) is 112 cm³/mol. The molecule has 0 spiro atoms. The van der Waals surface area contributed by atoms with Gasteiger partial charge in [0.2, 0.25) is 0 Å². The molecule has 3 nitrogen and oxygen atoms in total. The first-order valence-corrected chi connectivity index (χ1v) is 9.96. The molecule has 1 aromatic heterocycles. The van der Waals surface area contributed by atoms with Gasteiger partial charge in [0.05, 0.1) is 21.8 Å². The minimum absolute atomic E-state index is 0.0622. The molecule has 1 atom stereocenters. The monoisotopic (exact) mass is 398 g/mol. The third kappa shape index (κ3) is 3.54. The number of carbonyl (C=O) groups is 1. The molecule has 4 rings (SSSR count). The number of hydrogen-bond acceptors (Lipinski definition) is 2. The van der Waals surface area contributed by atoms with Gasteiger partial charge < -0.3 is 4.90 Å². The lowest BCUT2D eigenvalue weighted by molar-refractivity contribution is 0.0637. The Balaban J connectivity index is 1.87. The Labute approximate surface area is 168 Å². The van der Waals surface area contributed by atoms with E-state index in [1.807, 2.05) is 41.3 Å². The number of likely N-dealkylation sites (tertiary alicyclic amines) is 1. The predicted octanol–water partition coefficient (Wildman–Crippen LogP) is 6.22. The normalized spacial score (nSPS) is 17.3. The average Bonchev–Trinajstić information content (AvgIpc) is 2.67. The van der Waals surface area contributed by atoms with Crippen LogP contribution in [0.15, 0.2) is 48.5 Å². The zero-order chi connectivity index (χ0) is 19.0. The van der Waals surface area contributed by atoms with Crippen LogP contribution in [0, 0.1) is 0 Å². The fourth-order valence-corrected chi connectivity index (χ4v) is 4.25. The van der Waals surface area contributed by atoms with Gasteiger partial charge in [0, 0.05) is 28.6 Å². The lowest BCUT2D eigenvalue weighted by atomic mass is 9.99. The van der Waals surface area contributed by atoms with Gasteiger partial charge in [0.1, 0.15) is 0 Å². The number of amides is 1. The zero-order valence-corrected chi connectivity index (χ0v) is 16.6. The molecular formula is C22H20Cl2N2O. The van der Waals surface area contributed by atoms with Crippen LogP contribution >= 0.6 is 23.2 Å². The summed E-state index contributed by atoms with van der Waals surface area (Å²) in [5.41, 5.74) is 2.92. The molecule has 3 aromatic rings. The van der Waals surface area contributed by atoms with Crippen molar-refractivity contribution in [2.24, 2.45) is 0 Å². The van der Waals surface area contributed by atoms with Gasteiger partial charge in [-0.15, -0.1) is 0 Å². The Kier molecular flexibility index (Phi) is 5.07. The van der Waals surface area contributed by atoms with E-state index in [4.69, 9.17) is 28.2 Å². The zero-order valence-electron chi connectivity index (χ0n) is 15.1. The lowest BCUT2D eigenvalue weighted by Gasteiger charge is -2.33. The Bertz CT molecular complexity index is 1020. The van der Waals surface area contributed by atoms with E-state index in [-0.39, 0.29) is 11.9 Å². The van der Waals surface area contributed by atoms with Crippen LogP contribution in [0.2, 0.25) is 10.0 Å². The van der Waals surface area contributed by atoms with Crippen molar-refractivity contribution >= 4 is 40.0 Å². The van der Waals surface area contributed by atoms with Crippen molar-refractivity contribution in [3.63, 3.8) is 0 Å². The highest BCUT2D eigenvalue weighted by atomic mass is 35.5. The molecule has 5 heteroatoms. The van der Waals surface area contributed by atoms with E-state index in [1.165, 1.54) is 6.42 Å². The number of nitrogens with zero attached hydrogens (tertiary/aromatic N) is 2. The Hall–Kier alpha value is -2.10. The van der Waals surface area contributed by atoms with Gasteiger partial charge in [-0.1, -0.05) is 41.4 Å². The largest absolute Gasteiger partial charge is 0.336 e. The summed E-state index contributed by atoms with van der Waals surface area (Å²) >= 11 is 12.4. The fourth-order valence-electron chi connectivity index (χ4n) is 3.74. The lowest BCUT2D eigenvalue weighted by Crippen LogP contribution is -2.42. The molecule has 2 heterocycles. The minimum atomic E-state index is 0.0622. The van der Waals surface area contributed by atoms with Crippen LogP contribution in [0.4, 0.5) is 0 Å². The van der Waals surface area contributed by atoms with Crippen LogP contribution in [0.25, 0.3) is 22.2 Å². The molecule has 27 heavy (non-hydrogen) atoms. The van der Waals surface area contributed by atoms with Gasteiger partial charge in [-0.05, 0) is 56.5 Å². The highest BCUT2D eigenvalue weighted by Crippen LogP contribution is 2.32. The van der Waals surface area contributed by atoms with Gasteiger partial charge in [-0.3, -0.25) is 4.79 Å². The highest BCUT2D eigenvalue weighted by molar-refractivity contribution is 6.36. The number of fused-ring (bicyclic) bond motifs is 1. The van der Waals surface area contributed by atoms with Crippen LogP contribution in [0.1, 0.15) is 36.5 Å². The van der Waals surface area contributed by atoms with Crippen molar-refractivity contribution in [3.8, 4) is 11.3 Å². The molecule has 0 aliphatic carbocycles. The molecule has 0 radical (unpaired) electrons. The van der Waals surface area contributed by atoms with E-state index < -0.39 is 0 Å². The number of piperidine rings is 1. The van der Waals surface area contributed by atoms with Crippen molar-refractivity contribution in [1.29, 1.82) is 0 Å². The molecule has 1 fully saturated rings. The molecule has 0 N–H and O–H groups in total. The Morgan fingerprint density at radius 3 is 2.70 bits per heavy atom. The maximum Gasteiger partial charge on any atom is 0.254 e. The summed E-state index contributed by atoms with van der Waals surface area (Å²) < 4.78 is 0. The maximum absolute atomic E-state index is 13.4. The third-order valence-electron chi connectivity index (χ3n) is 5.22. The number of pyridine rings is 1. The van der Waals surface area contributed by atoms with Crippen molar-refractivity contribution in [3.05, 3.63) is 64.1 Å². The molecule has 1 unspecified atom stereocenters. The summed E-state index contributed by atoms with van der Waals surface area (Å²) in [7, 11) is 0. The van der Waals surface area contributed by atoms with Gasteiger partial charge in [0.25, 0.3) is 5.91 Å². The third-order valence-corrected chi connectivity index (χ3v) is 5.77. The molecule has 138 valence electrons. The van der Waals surface area contributed by atoms with Gasteiger partial charge in [-0.25, -0.2) is 4.98 Å². The van der Waals surface area contributed by atoms with Crippen molar-refractivity contribution in [2.45, 2.75) is 32.2 Å². The highest BCUT2D eigenvalue weighted by Gasteiger charge is 2.26. The van der Waals surface area contributed by atoms with Crippen LogP contribution in [-0.2, 0) is 0 Å². The molecular weight excluding hydrogens is 379 g/mol. The molecule has 1 amide bonds. The topological polar surface area (TPSA) is 33.2 Å². The molecule has 1 aliphatic rings. The van der Waals surface area contributed by atoms with Crippen molar-refractivity contribution < 1.29 is 4.79 Å². The van der Waals surface area contributed by atoms with E-state index >= 15 is 0 Å². The first kappa shape index (κ1) is 18.3. The molecule has 1 aliphatic heterocycles. The number of hydrogen-bond donors (Lipinski definition) is 0. The number of halogens is 2. The van der Waals surface area contributed by atoms with Crippen LogP contribution < -0.4 is 0 Å². The van der Waals surface area contributed by atoms with E-state index in [0.29, 0.717) is 21.3 Å². The summed E-state index contributed by atoms with van der Waals surface area (Å²) in [5.74, 6) is 0.0622. The van der Waals surface area contributed by atoms with Gasteiger partial charge in [-0.2, -0.15) is 0 Å². The standard InChI is InChI=1S/C22H20Cl2N2O/c1-14-6-4-5-11-26(14)22(27)18-13-21(17-10-9-15(23)12-19(17)24)25-20-8-3-2-7-16(18)20/h2-3,7-10,12-14H,4-6,11H2,1H3. The second-order valence-corrected chi connectivity index (χ2v) is 7.88. The first-order valence-electron chi connectivity index (χ1n) is 9.21. The number of rotatable bonds is 2. The molecule has 0 saturated carbocycles. The second-order valence-electron chi connectivity index (χ2n) is 7.04. The first-order chi connectivity index (χ1) is 13.0. The summed E-state index contributed by atoms with van der Waals surface area (Å²) in [4.78, 5) is 20.1. The van der Waals surface area contributed by atoms with E-state index in [1.54, 1.807) is 12.1 Å². The van der Waals surface area contributed by atoms with Gasteiger partial charge in [0.15, 0.2) is 0 Å². The summed E-state index contributed by atoms with van der Waals surface area (Å²) in [6.07, 6.45) is 3.27. The van der Waals surface area contributed by atoms with Crippen LogP contribution in [0.5, 0.6) is 0 Å². The van der Waals surface area contributed by atoms with E-state index in [9.17, 15) is 4.79 Å². The van der Waals surface area contributed by atoms with Crippen molar-refractivity contribution in [1.82, 2.24) is 9.88 Å². The van der Waals surface area contributed by atoms with Gasteiger partial charge >= 0.3 is 0 Å². The van der Waals surface area contributed by atoms with Crippen molar-refractivity contribution in [2.75, 3.05) is 6.54 Å². The minimum Gasteiger partial charge on any atom is -0.336 e. The maximum atomic E-state index is 13.4. The Morgan fingerprint density at radius 1 is 1.11 bits per heavy atom. The summed E-state index contributed by atoms with van der Waals surface area (Å²) in [6, 6.07) is 15.2. The molecule has 0 bridgehead atoms. The SMILES string of the molecule is CC1CCCCN1C(=O)c1cc(-c2ccc(Cl)cc2Cl)nc2ccccc12. The summed E-state index contributed by atoms with van der Waals surface area (Å²) in [5, 5.41) is 1.96. The molecule has 2 aromatic carbocycles. The molecule has 1 saturated heterocycles. The quantitative estimate of drug-likeness (QED) is 0.512. The smallest absolute Gasteiger partial charge is 0.254 e. The van der Waals surface area contributed by atoms with E-state index in [0.717, 1.165) is 35.9 Å². The summed E-state index contributed by atoms with van der Waals surface area (Å²) in [6.45, 7) is 2.92.